The van der Waals surface area contributed by atoms with Crippen LogP contribution < -0.4 is 14.8 Å². The Kier molecular flexibility index (Phi) is 6.39. The van der Waals surface area contributed by atoms with Crippen LogP contribution in [0.15, 0.2) is 55.1 Å². The zero-order valence-electron chi connectivity index (χ0n) is 22.0. The molecule has 6 nitrogen and oxygen atoms in total. The van der Waals surface area contributed by atoms with Gasteiger partial charge in [-0.05, 0) is 53.4 Å². The van der Waals surface area contributed by atoms with E-state index in [9.17, 15) is 4.79 Å². The fourth-order valence-corrected chi connectivity index (χ4v) is 6.59. The number of ether oxygens (including phenoxy) is 2. The lowest BCUT2D eigenvalue weighted by atomic mass is 9.65. The second kappa shape index (κ2) is 9.38. The number of hydrogen-bond donors (Lipinski definition) is 1. The van der Waals surface area contributed by atoms with Crippen molar-refractivity contribution in [2.45, 2.75) is 58.7 Å². The average molecular weight is 490 g/mol. The summed E-state index contributed by atoms with van der Waals surface area (Å²) in [5.74, 6) is 1.46. The third-order valence-corrected chi connectivity index (χ3v) is 7.86. The molecule has 3 atom stereocenters. The van der Waals surface area contributed by atoms with Crippen LogP contribution in [0.2, 0.25) is 0 Å². The number of nitrogens with one attached hydrogen (secondary N) is 1. The average Bonchev–Trinajstić information content (AvgIpc) is 3.10. The number of rotatable bonds is 6. The van der Waals surface area contributed by atoms with Gasteiger partial charge in [0.1, 0.15) is 6.61 Å². The summed E-state index contributed by atoms with van der Waals surface area (Å²) < 4.78 is 11.7. The van der Waals surface area contributed by atoms with Gasteiger partial charge in [0.2, 0.25) is 0 Å². The first-order valence-electron chi connectivity index (χ1n) is 13.0. The molecule has 2 aliphatic heterocycles. The zero-order valence-corrected chi connectivity index (χ0v) is 22.0. The van der Waals surface area contributed by atoms with Crippen molar-refractivity contribution in [3.63, 3.8) is 0 Å². The minimum absolute atomic E-state index is 0.133. The van der Waals surface area contributed by atoms with Crippen molar-refractivity contribution in [3.8, 4) is 11.5 Å². The maximum atomic E-state index is 12.7. The van der Waals surface area contributed by atoms with Gasteiger partial charge < -0.3 is 24.6 Å². The second-order valence-corrected chi connectivity index (χ2v) is 12.0. The summed E-state index contributed by atoms with van der Waals surface area (Å²) in [4.78, 5) is 16.9. The molecule has 2 bridgehead atoms. The smallest absolute Gasteiger partial charge is 0.317 e. The molecule has 6 heteroatoms. The van der Waals surface area contributed by atoms with E-state index < -0.39 is 0 Å². The van der Waals surface area contributed by atoms with Crippen molar-refractivity contribution in [1.82, 2.24) is 15.1 Å². The maximum Gasteiger partial charge on any atom is 0.317 e. The number of hydrogen-bond acceptors (Lipinski definition) is 4. The molecular formula is C30H39N3O3. The van der Waals surface area contributed by atoms with Crippen LogP contribution in [0.3, 0.4) is 0 Å². The maximum absolute atomic E-state index is 12.7. The summed E-state index contributed by atoms with van der Waals surface area (Å²) in [6.07, 6.45) is 3.56. The summed E-state index contributed by atoms with van der Waals surface area (Å²) >= 11 is 0. The molecular weight excluding hydrogens is 450 g/mol. The minimum atomic E-state index is -0.208. The van der Waals surface area contributed by atoms with Crippen molar-refractivity contribution in [2.75, 3.05) is 26.7 Å². The van der Waals surface area contributed by atoms with Gasteiger partial charge in [-0.2, -0.15) is 0 Å². The molecule has 1 saturated carbocycles. The Morgan fingerprint density at radius 3 is 2.58 bits per heavy atom. The zero-order chi connectivity index (χ0) is 25.5. The number of likely N-dealkylation sites (tertiary alicyclic amines) is 1. The van der Waals surface area contributed by atoms with Gasteiger partial charge in [0.15, 0.2) is 17.6 Å². The van der Waals surface area contributed by atoms with Crippen LogP contribution in [0.1, 0.15) is 51.2 Å². The van der Waals surface area contributed by atoms with E-state index in [1.165, 1.54) is 19.3 Å². The molecule has 2 aromatic carbocycles. The number of carbonyl (C=O) groups excluding carboxylic acids is 1. The number of carbonyl (C=O) groups is 1. The van der Waals surface area contributed by atoms with E-state index in [-0.39, 0.29) is 12.1 Å². The van der Waals surface area contributed by atoms with Crippen LogP contribution in [0, 0.1) is 10.8 Å². The number of benzene rings is 2. The third-order valence-electron chi connectivity index (χ3n) is 7.86. The highest BCUT2D eigenvalue weighted by Gasteiger charge is 2.49. The Bertz CT molecular complexity index is 1130. The Labute approximate surface area is 215 Å². The molecule has 36 heavy (non-hydrogen) atoms. The lowest BCUT2D eigenvalue weighted by Crippen LogP contribution is -2.44. The topological polar surface area (TPSA) is 54.0 Å². The Morgan fingerprint density at radius 1 is 1.11 bits per heavy atom. The molecule has 1 aliphatic carbocycles. The first kappa shape index (κ1) is 24.5. The van der Waals surface area contributed by atoms with Crippen LogP contribution in [0.25, 0.3) is 5.70 Å². The van der Waals surface area contributed by atoms with E-state index in [0.717, 1.165) is 29.1 Å². The molecule has 1 saturated heterocycles. The molecule has 5 rings (SSSR count). The van der Waals surface area contributed by atoms with Crippen LogP contribution >= 0.6 is 0 Å². The molecule has 2 heterocycles. The molecule has 3 unspecified atom stereocenters. The molecule has 2 fully saturated rings. The first-order chi connectivity index (χ1) is 17.1. The van der Waals surface area contributed by atoms with Crippen LogP contribution in [-0.2, 0) is 6.54 Å². The van der Waals surface area contributed by atoms with Gasteiger partial charge in [0, 0.05) is 31.9 Å². The summed E-state index contributed by atoms with van der Waals surface area (Å²) in [5.41, 5.74) is 4.14. The normalized spacial score (nSPS) is 25.8. The number of amides is 2. The number of para-hydroxylation sites is 2. The van der Waals surface area contributed by atoms with Crippen molar-refractivity contribution in [2.24, 2.45) is 10.8 Å². The van der Waals surface area contributed by atoms with Gasteiger partial charge >= 0.3 is 6.03 Å². The van der Waals surface area contributed by atoms with E-state index >= 15 is 0 Å². The summed E-state index contributed by atoms with van der Waals surface area (Å²) in [7, 11) is 1.81. The van der Waals surface area contributed by atoms with Gasteiger partial charge in [0.05, 0.1) is 6.54 Å². The molecule has 0 aromatic heterocycles. The summed E-state index contributed by atoms with van der Waals surface area (Å²) in [6, 6.07) is 16.5. The van der Waals surface area contributed by atoms with E-state index in [2.05, 4.69) is 61.8 Å². The van der Waals surface area contributed by atoms with Gasteiger partial charge in [-0.3, -0.25) is 0 Å². The van der Waals surface area contributed by atoms with Gasteiger partial charge in [-0.15, -0.1) is 0 Å². The van der Waals surface area contributed by atoms with Gasteiger partial charge in [-0.1, -0.05) is 63.7 Å². The fraction of sp³-hybridized carbons (Fsp3) is 0.500. The van der Waals surface area contributed by atoms with Crippen LogP contribution in [0.5, 0.6) is 11.5 Å². The standard InChI is InChI=1S/C30H39N3O3/c1-21(33-20-30(4)15-24(33)14-29(2,3)19-30)23-12-10-22(11-13-23)17-32(5)28(34)31-16-25-18-35-26-8-6-7-9-27(26)36-25/h6-13,24-25H,1,14-20H2,2-5H3,(H,31,34). The second-order valence-electron chi connectivity index (χ2n) is 12.0. The highest BCUT2D eigenvalue weighted by Crippen LogP contribution is 2.54. The number of nitrogens with zero attached hydrogens (tertiary/aromatic N) is 2. The molecule has 1 N–H and O–H groups in total. The largest absolute Gasteiger partial charge is 0.486 e. The van der Waals surface area contributed by atoms with E-state index in [0.29, 0.717) is 42.3 Å². The van der Waals surface area contributed by atoms with Crippen molar-refractivity contribution < 1.29 is 14.3 Å². The fourth-order valence-electron chi connectivity index (χ4n) is 6.59. The molecule has 192 valence electrons. The summed E-state index contributed by atoms with van der Waals surface area (Å²) in [6.45, 7) is 14.1. The van der Waals surface area contributed by atoms with Gasteiger partial charge in [0.25, 0.3) is 0 Å². The Hall–Kier alpha value is -3.15. The highest BCUT2D eigenvalue weighted by molar-refractivity contribution is 5.74. The predicted octanol–water partition coefficient (Wildman–Crippen LogP) is 5.54. The first-order valence-corrected chi connectivity index (χ1v) is 13.0. The lowest BCUT2D eigenvalue weighted by molar-refractivity contribution is 0.0904. The van der Waals surface area contributed by atoms with Gasteiger partial charge in [-0.25, -0.2) is 4.79 Å². The third kappa shape index (κ3) is 5.18. The predicted molar refractivity (Wildman–Crippen MR) is 143 cm³/mol. The molecule has 0 spiro atoms. The monoisotopic (exact) mass is 489 g/mol. The van der Waals surface area contributed by atoms with Crippen molar-refractivity contribution >= 4 is 11.7 Å². The lowest BCUT2D eigenvalue weighted by Gasteiger charge is -2.39. The van der Waals surface area contributed by atoms with E-state index in [1.807, 2.05) is 31.3 Å². The SMILES string of the molecule is C=C(c1ccc(CN(C)C(=O)NCC2COc3ccccc3O2)cc1)N1CC2(C)CC1CC(C)(C)C2. The number of fused-ring (bicyclic) bond motifs is 3. The molecule has 0 radical (unpaired) electrons. The van der Waals surface area contributed by atoms with E-state index in [4.69, 9.17) is 9.47 Å². The minimum Gasteiger partial charge on any atom is -0.486 e. The Morgan fingerprint density at radius 2 is 1.83 bits per heavy atom. The van der Waals surface area contributed by atoms with Crippen molar-refractivity contribution in [1.29, 1.82) is 0 Å². The quantitative estimate of drug-likeness (QED) is 0.579. The number of urea groups is 1. The molecule has 2 aromatic rings. The van der Waals surface area contributed by atoms with E-state index in [1.54, 1.807) is 4.90 Å². The molecule has 3 aliphatic rings. The summed E-state index contributed by atoms with van der Waals surface area (Å²) in [5, 5.41) is 2.96. The highest BCUT2D eigenvalue weighted by atomic mass is 16.6. The Balaban J connectivity index is 1.13. The van der Waals surface area contributed by atoms with Crippen LogP contribution in [0.4, 0.5) is 4.79 Å². The van der Waals surface area contributed by atoms with Crippen LogP contribution in [-0.4, -0.2) is 54.7 Å². The van der Waals surface area contributed by atoms with Crippen molar-refractivity contribution in [3.05, 3.63) is 66.2 Å². The molecule has 2 amide bonds.